The van der Waals surface area contributed by atoms with Crippen molar-refractivity contribution in [2.75, 3.05) is 5.75 Å². The Balaban J connectivity index is 2.01. The highest BCUT2D eigenvalue weighted by molar-refractivity contribution is 7.99. The van der Waals surface area contributed by atoms with Crippen LogP contribution in [0.5, 0.6) is 0 Å². The number of nitriles is 1. The molecule has 0 saturated heterocycles. The Morgan fingerprint density at radius 2 is 2.19 bits per heavy atom. The van der Waals surface area contributed by atoms with Crippen molar-refractivity contribution >= 4 is 33.3 Å². The second kappa shape index (κ2) is 7.14. The Labute approximate surface area is 166 Å². The highest BCUT2D eigenvalue weighted by atomic mass is 32.2. The molecule has 1 aliphatic carbocycles. The number of benzene rings is 1. The molecule has 0 radical (unpaired) electrons. The number of rotatable bonds is 3. The van der Waals surface area contributed by atoms with E-state index < -0.39 is 0 Å². The minimum Gasteiger partial charge on any atom is -0.268 e. The van der Waals surface area contributed by atoms with Crippen LogP contribution < -0.4 is 5.56 Å². The van der Waals surface area contributed by atoms with E-state index in [1.807, 2.05) is 25.1 Å². The summed E-state index contributed by atoms with van der Waals surface area (Å²) >= 11 is 2.98. The van der Waals surface area contributed by atoms with E-state index in [9.17, 15) is 4.79 Å². The Kier molecular flexibility index (Phi) is 4.83. The third kappa shape index (κ3) is 3.19. The maximum atomic E-state index is 13.6. The number of hydrogen-bond acceptors (Lipinski definition) is 5. The standard InChI is InChI=1S/C21H21N3OS2/c1-12-4-7-17-16(10-12)18-19(27-17)23-21(26-9-8-22)24(20(18)25)15-6-5-13(2)14(3)11-15/h5-6,11-12H,4,7,9-10H2,1-3H3. The summed E-state index contributed by atoms with van der Waals surface area (Å²) in [6, 6.07) is 8.18. The van der Waals surface area contributed by atoms with Crippen molar-refractivity contribution < 1.29 is 0 Å². The van der Waals surface area contributed by atoms with Gasteiger partial charge in [0.05, 0.1) is 22.9 Å². The number of thiophene rings is 1. The van der Waals surface area contributed by atoms with Crippen molar-refractivity contribution in [3.05, 3.63) is 50.1 Å². The molecule has 4 rings (SSSR count). The SMILES string of the molecule is Cc1ccc(-n2c(SCC#N)nc3sc4c(c3c2=O)CC(C)CC4)cc1C. The molecule has 1 unspecified atom stereocenters. The smallest absolute Gasteiger partial charge is 0.267 e. The van der Waals surface area contributed by atoms with E-state index in [0.29, 0.717) is 11.1 Å². The molecule has 0 spiro atoms. The maximum Gasteiger partial charge on any atom is 0.267 e. The lowest BCUT2D eigenvalue weighted by molar-refractivity contribution is 0.508. The van der Waals surface area contributed by atoms with E-state index >= 15 is 0 Å². The van der Waals surface area contributed by atoms with Crippen molar-refractivity contribution in [2.24, 2.45) is 5.92 Å². The van der Waals surface area contributed by atoms with Crippen LogP contribution in [0.25, 0.3) is 15.9 Å². The van der Waals surface area contributed by atoms with Crippen molar-refractivity contribution in [3.63, 3.8) is 0 Å². The van der Waals surface area contributed by atoms with Gasteiger partial charge in [-0.3, -0.25) is 9.36 Å². The van der Waals surface area contributed by atoms with Gasteiger partial charge in [-0.15, -0.1) is 11.3 Å². The van der Waals surface area contributed by atoms with Crippen LogP contribution in [0, 0.1) is 31.1 Å². The highest BCUT2D eigenvalue weighted by Gasteiger charge is 2.25. The quantitative estimate of drug-likeness (QED) is 0.472. The second-order valence-electron chi connectivity index (χ2n) is 7.28. The van der Waals surface area contributed by atoms with Gasteiger partial charge in [0.2, 0.25) is 0 Å². The monoisotopic (exact) mass is 395 g/mol. The molecule has 4 nitrogen and oxygen atoms in total. The Morgan fingerprint density at radius 3 is 2.93 bits per heavy atom. The fourth-order valence-corrected chi connectivity index (χ4v) is 5.60. The molecule has 1 atom stereocenters. The second-order valence-corrected chi connectivity index (χ2v) is 9.31. The minimum atomic E-state index is -0.00436. The molecule has 0 N–H and O–H groups in total. The molecule has 27 heavy (non-hydrogen) atoms. The predicted molar refractivity (Wildman–Crippen MR) is 112 cm³/mol. The average Bonchev–Trinajstić information content (AvgIpc) is 3.00. The lowest BCUT2D eigenvalue weighted by Gasteiger charge is -2.18. The van der Waals surface area contributed by atoms with Gasteiger partial charge in [-0.1, -0.05) is 24.8 Å². The number of nitrogens with zero attached hydrogens (tertiary/aromatic N) is 3. The first-order chi connectivity index (χ1) is 13.0. The first-order valence-corrected chi connectivity index (χ1v) is 10.9. The van der Waals surface area contributed by atoms with Crippen molar-refractivity contribution in [3.8, 4) is 11.8 Å². The van der Waals surface area contributed by atoms with Crippen LogP contribution in [0.2, 0.25) is 0 Å². The molecule has 6 heteroatoms. The van der Waals surface area contributed by atoms with E-state index in [0.717, 1.165) is 34.3 Å². The molecule has 1 aliphatic rings. The fraction of sp³-hybridized carbons (Fsp3) is 0.381. The Morgan fingerprint density at radius 1 is 1.37 bits per heavy atom. The number of aryl methyl sites for hydroxylation is 3. The van der Waals surface area contributed by atoms with Gasteiger partial charge < -0.3 is 0 Å². The number of thioether (sulfide) groups is 1. The van der Waals surface area contributed by atoms with Crippen molar-refractivity contribution in [1.29, 1.82) is 5.26 Å². The normalized spacial score (nSPS) is 16.3. The summed E-state index contributed by atoms with van der Waals surface area (Å²) in [4.78, 5) is 20.5. The van der Waals surface area contributed by atoms with Gasteiger partial charge in [0.25, 0.3) is 5.56 Å². The summed E-state index contributed by atoms with van der Waals surface area (Å²) < 4.78 is 1.70. The highest BCUT2D eigenvalue weighted by Crippen LogP contribution is 2.37. The molecule has 0 saturated carbocycles. The van der Waals surface area contributed by atoms with E-state index in [1.165, 1.54) is 34.2 Å². The van der Waals surface area contributed by atoms with Gasteiger partial charge in [-0.25, -0.2) is 4.98 Å². The van der Waals surface area contributed by atoms with Crippen LogP contribution in [-0.2, 0) is 12.8 Å². The minimum absolute atomic E-state index is 0.00436. The van der Waals surface area contributed by atoms with Gasteiger partial charge in [0.1, 0.15) is 4.83 Å². The maximum absolute atomic E-state index is 13.6. The summed E-state index contributed by atoms with van der Waals surface area (Å²) in [5.41, 5.74) is 4.34. The van der Waals surface area contributed by atoms with E-state index in [4.69, 9.17) is 10.2 Å². The Hall–Kier alpha value is -2.10. The zero-order valence-electron chi connectivity index (χ0n) is 15.7. The summed E-state index contributed by atoms with van der Waals surface area (Å²) in [5.74, 6) is 0.864. The number of fused-ring (bicyclic) bond motifs is 3. The molecule has 2 aromatic heterocycles. The Bertz CT molecular complexity index is 1140. The van der Waals surface area contributed by atoms with Crippen LogP contribution in [0.3, 0.4) is 0 Å². The van der Waals surface area contributed by atoms with E-state index in [-0.39, 0.29) is 11.3 Å². The molecule has 138 valence electrons. The molecule has 0 bridgehead atoms. The van der Waals surface area contributed by atoms with Gasteiger partial charge >= 0.3 is 0 Å². The van der Waals surface area contributed by atoms with Crippen LogP contribution >= 0.6 is 23.1 Å². The summed E-state index contributed by atoms with van der Waals surface area (Å²) in [5, 5.41) is 10.4. The third-order valence-corrected chi connectivity index (χ3v) is 7.30. The summed E-state index contributed by atoms with van der Waals surface area (Å²) in [7, 11) is 0. The predicted octanol–water partition coefficient (Wildman–Crippen LogP) is 4.80. The van der Waals surface area contributed by atoms with Gasteiger partial charge in [-0.2, -0.15) is 5.26 Å². The molecule has 1 aromatic carbocycles. The molecule has 0 aliphatic heterocycles. The first kappa shape index (κ1) is 18.3. The molecule has 3 aromatic rings. The van der Waals surface area contributed by atoms with Crippen LogP contribution in [0.15, 0.2) is 28.2 Å². The molecule has 0 fully saturated rings. The molecule has 2 heterocycles. The largest absolute Gasteiger partial charge is 0.268 e. The zero-order valence-corrected chi connectivity index (χ0v) is 17.3. The number of hydrogen-bond donors (Lipinski definition) is 0. The molecular weight excluding hydrogens is 374 g/mol. The van der Waals surface area contributed by atoms with Crippen LogP contribution in [0.4, 0.5) is 0 Å². The molecule has 0 amide bonds. The number of aromatic nitrogens is 2. The van der Waals surface area contributed by atoms with Crippen LogP contribution in [0.1, 0.15) is 34.9 Å². The topological polar surface area (TPSA) is 58.7 Å². The summed E-state index contributed by atoms with van der Waals surface area (Å²) in [6.07, 6.45) is 3.15. The fourth-order valence-electron chi connectivity index (χ4n) is 3.66. The van der Waals surface area contributed by atoms with Gasteiger partial charge in [0, 0.05) is 4.88 Å². The summed E-state index contributed by atoms with van der Waals surface area (Å²) in [6.45, 7) is 6.36. The lowest BCUT2D eigenvalue weighted by Crippen LogP contribution is -2.23. The average molecular weight is 396 g/mol. The first-order valence-electron chi connectivity index (χ1n) is 9.14. The van der Waals surface area contributed by atoms with Gasteiger partial charge in [0.15, 0.2) is 5.16 Å². The van der Waals surface area contributed by atoms with E-state index in [1.54, 1.807) is 15.9 Å². The van der Waals surface area contributed by atoms with E-state index in [2.05, 4.69) is 19.9 Å². The van der Waals surface area contributed by atoms with Crippen LogP contribution in [-0.4, -0.2) is 15.3 Å². The third-order valence-electron chi connectivity index (χ3n) is 5.31. The lowest BCUT2D eigenvalue weighted by atomic mass is 9.89. The van der Waals surface area contributed by atoms with Crippen molar-refractivity contribution in [2.45, 2.75) is 45.2 Å². The van der Waals surface area contributed by atoms with Crippen molar-refractivity contribution in [1.82, 2.24) is 9.55 Å². The zero-order chi connectivity index (χ0) is 19.1. The molecular formula is C21H21N3OS2. The van der Waals surface area contributed by atoms with Gasteiger partial charge in [-0.05, 0) is 67.9 Å².